The molecule has 2 rings (SSSR count). The van der Waals surface area contributed by atoms with Gasteiger partial charge in [-0.1, -0.05) is 0 Å². The van der Waals surface area contributed by atoms with Gasteiger partial charge in [0.2, 0.25) is 5.95 Å². The molecular weight excluding hydrogens is 202 g/mol. The van der Waals surface area contributed by atoms with E-state index in [1.807, 2.05) is 6.07 Å². The first-order chi connectivity index (χ1) is 7.78. The number of nitrogens with zero attached hydrogens (tertiary/aromatic N) is 4. The van der Waals surface area contributed by atoms with Gasteiger partial charge in [-0.05, 0) is 32.5 Å². The van der Waals surface area contributed by atoms with Crippen LogP contribution in [0.4, 0.5) is 5.95 Å². The second-order valence-corrected chi connectivity index (χ2v) is 4.12. The Morgan fingerprint density at radius 2 is 2.50 bits per heavy atom. The molecule has 0 aromatic carbocycles. The lowest BCUT2D eigenvalue weighted by Crippen LogP contribution is -2.40. The highest BCUT2D eigenvalue weighted by molar-refractivity contribution is 5.31. The van der Waals surface area contributed by atoms with Gasteiger partial charge in [0.15, 0.2) is 0 Å². The Morgan fingerprint density at radius 3 is 3.25 bits per heavy atom. The Hall–Kier alpha value is -1.67. The molecule has 1 saturated heterocycles. The lowest BCUT2D eigenvalue weighted by Gasteiger charge is -2.30. The van der Waals surface area contributed by atoms with Crippen molar-refractivity contribution in [3.63, 3.8) is 0 Å². The normalized spacial score (nSPS) is 21.4. The van der Waals surface area contributed by atoms with Crippen molar-refractivity contribution in [2.75, 3.05) is 25.5 Å². The van der Waals surface area contributed by atoms with Crippen molar-refractivity contribution in [2.24, 2.45) is 0 Å². The van der Waals surface area contributed by atoms with Gasteiger partial charge in [-0.25, -0.2) is 9.97 Å². The number of aromatic nitrogens is 2. The van der Waals surface area contributed by atoms with Crippen LogP contribution in [0, 0.1) is 11.3 Å². The summed E-state index contributed by atoms with van der Waals surface area (Å²) in [7, 11) is 2.11. The highest BCUT2D eigenvalue weighted by Crippen LogP contribution is 2.12. The molecule has 0 amide bonds. The van der Waals surface area contributed by atoms with Gasteiger partial charge in [0.05, 0.1) is 0 Å². The predicted molar refractivity (Wildman–Crippen MR) is 60.9 cm³/mol. The van der Waals surface area contributed by atoms with Crippen molar-refractivity contribution in [2.45, 2.75) is 18.9 Å². The number of piperidine rings is 1. The molecule has 1 fully saturated rings. The first-order valence-corrected chi connectivity index (χ1v) is 5.46. The minimum Gasteiger partial charge on any atom is -0.350 e. The topological polar surface area (TPSA) is 64.8 Å². The number of nitriles is 1. The highest BCUT2D eigenvalue weighted by atomic mass is 15.2. The van der Waals surface area contributed by atoms with Gasteiger partial charge in [0.1, 0.15) is 11.8 Å². The van der Waals surface area contributed by atoms with E-state index in [2.05, 4.69) is 27.2 Å². The first kappa shape index (κ1) is 10.8. The molecule has 2 heterocycles. The summed E-state index contributed by atoms with van der Waals surface area (Å²) in [4.78, 5) is 10.5. The predicted octanol–water partition coefficient (Wildman–Crippen LogP) is 0.854. The molecule has 1 aliphatic rings. The van der Waals surface area contributed by atoms with Gasteiger partial charge < -0.3 is 10.2 Å². The van der Waals surface area contributed by atoms with Crippen LogP contribution < -0.4 is 5.32 Å². The lowest BCUT2D eigenvalue weighted by atomic mass is 10.1. The third-order valence-electron chi connectivity index (χ3n) is 2.73. The van der Waals surface area contributed by atoms with Crippen molar-refractivity contribution in [3.05, 3.63) is 18.0 Å². The number of hydrogen-bond acceptors (Lipinski definition) is 5. The summed E-state index contributed by atoms with van der Waals surface area (Å²) >= 11 is 0. The molecule has 16 heavy (non-hydrogen) atoms. The quantitative estimate of drug-likeness (QED) is 0.795. The third-order valence-corrected chi connectivity index (χ3v) is 2.73. The van der Waals surface area contributed by atoms with Gasteiger partial charge in [-0.3, -0.25) is 0 Å². The van der Waals surface area contributed by atoms with E-state index in [1.165, 1.54) is 6.42 Å². The Morgan fingerprint density at radius 1 is 1.62 bits per heavy atom. The van der Waals surface area contributed by atoms with Crippen molar-refractivity contribution in [1.82, 2.24) is 14.9 Å². The zero-order valence-corrected chi connectivity index (χ0v) is 9.35. The summed E-state index contributed by atoms with van der Waals surface area (Å²) in [5.41, 5.74) is 0.404. The molecule has 84 valence electrons. The van der Waals surface area contributed by atoms with Crippen LogP contribution in [0.1, 0.15) is 18.5 Å². The fraction of sp³-hybridized carbons (Fsp3) is 0.545. The zero-order valence-electron chi connectivity index (χ0n) is 9.35. The molecule has 5 heteroatoms. The number of likely N-dealkylation sites (N-methyl/N-ethyl adjacent to an activating group) is 1. The largest absolute Gasteiger partial charge is 0.350 e. The summed E-state index contributed by atoms with van der Waals surface area (Å²) in [6, 6.07) is 4.00. The number of likely N-dealkylation sites (tertiary alicyclic amines) is 1. The van der Waals surface area contributed by atoms with Crippen LogP contribution in [0.3, 0.4) is 0 Å². The Balaban J connectivity index is 2.00. The monoisotopic (exact) mass is 217 g/mol. The smallest absolute Gasteiger partial charge is 0.224 e. The van der Waals surface area contributed by atoms with Crippen LogP contribution >= 0.6 is 0 Å². The van der Waals surface area contributed by atoms with Crippen LogP contribution in [0.5, 0.6) is 0 Å². The second-order valence-electron chi connectivity index (χ2n) is 4.12. The SMILES string of the molecule is CN1CCCC(Nc2nccc(C#N)n2)C1. The molecule has 1 aliphatic heterocycles. The molecule has 0 radical (unpaired) electrons. The van der Waals surface area contributed by atoms with Gasteiger partial charge in [-0.2, -0.15) is 5.26 Å². The van der Waals surface area contributed by atoms with Crippen molar-refractivity contribution >= 4 is 5.95 Å². The van der Waals surface area contributed by atoms with Gasteiger partial charge in [-0.15, -0.1) is 0 Å². The van der Waals surface area contributed by atoms with Crippen molar-refractivity contribution in [3.8, 4) is 6.07 Å². The average molecular weight is 217 g/mol. The van der Waals surface area contributed by atoms with E-state index in [0.717, 1.165) is 19.5 Å². The first-order valence-electron chi connectivity index (χ1n) is 5.46. The minimum atomic E-state index is 0.382. The number of hydrogen-bond donors (Lipinski definition) is 1. The molecule has 1 aromatic rings. The molecular formula is C11H15N5. The van der Waals surface area contributed by atoms with E-state index in [0.29, 0.717) is 17.7 Å². The summed E-state index contributed by atoms with van der Waals surface area (Å²) in [5, 5.41) is 12.0. The van der Waals surface area contributed by atoms with Crippen LogP contribution in [-0.4, -0.2) is 41.0 Å². The maximum atomic E-state index is 8.73. The minimum absolute atomic E-state index is 0.382. The third kappa shape index (κ3) is 2.67. The van der Waals surface area contributed by atoms with Crippen molar-refractivity contribution < 1.29 is 0 Å². The Kier molecular flexibility index (Phi) is 3.32. The fourth-order valence-electron chi connectivity index (χ4n) is 1.96. The molecule has 1 atom stereocenters. The molecule has 0 spiro atoms. The standard InChI is InChI=1S/C11H15N5/c1-16-6-2-3-10(8-16)15-11-13-5-4-9(7-12)14-11/h4-5,10H,2-3,6,8H2,1H3,(H,13,14,15). The molecule has 0 aliphatic carbocycles. The second kappa shape index (κ2) is 4.90. The van der Waals surface area contributed by atoms with Gasteiger partial charge in [0.25, 0.3) is 0 Å². The van der Waals surface area contributed by atoms with Crippen LogP contribution in [0.15, 0.2) is 12.3 Å². The zero-order chi connectivity index (χ0) is 11.4. The lowest BCUT2D eigenvalue weighted by molar-refractivity contribution is 0.260. The van der Waals surface area contributed by atoms with Crippen molar-refractivity contribution in [1.29, 1.82) is 5.26 Å². The number of nitrogens with one attached hydrogen (secondary N) is 1. The van der Waals surface area contributed by atoms with Gasteiger partial charge in [0, 0.05) is 18.8 Å². The van der Waals surface area contributed by atoms with E-state index in [9.17, 15) is 0 Å². The van der Waals surface area contributed by atoms with E-state index >= 15 is 0 Å². The van der Waals surface area contributed by atoms with E-state index < -0.39 is 0 Å². The summed E-state index contributed by atoms with van der Waals surface area (Å²) in [6.07, 6.45) is 3.93. The van der Waals surface area contributed by atoms with Crippen LogP contribution in [0.25, 0.3) is 0 Å². The molecule has 1 N–H and O–H groups in total. The fourth-order valence-corrected chi connectivity index (χ4v) is 1.96. The molecule has 0 saturated carbocycles. The van der Waals surface area contributed by atoms with E-state index in [4.69, 9.17) is 5.26 Å². The summed E-state index contributed by atoms with van der Waals surface area (Å²) < 4.78 is 0. The molecule has 0 bridgehead atoms. The summed E-state index contributed by atoms with van der Waals surface area (Å²) in [6.45, 7) is 2.15. The van der Waals surface area contributed by atoms with Crippen LogP contribution in [-0.2, 0) is 0 Å². The maximum absolute atomic E-state index is 8.73. The molecule has 1 unspecified atom stereocenters. The van der Waals surface area contributed by atoms with Gasteiger partial charge >= 0.3 is 0 Å². The average Bonchev–Trinajstić information content (AvgIpc) is 2.29. The van der Waals surface area contributed by atoms with E-state index in [-0.39, 0.29) is 0 Å². The Labute approximate surface area is 95.1 Å². The summed E-state index contributed by atoms with van der Waals surface area (Å²) in [5.74, 6) is 0.555. The van der Waals surface area contributed by atoms with Crippen LogP contribution in [0.2, 0.25) is 0 Å². The highest BCUT2D eigenvalue weighted by Gasteiger charge is 2.17. The Bertz CT molecular complexity index is 398. The molecule has 5 nitrogen and oxygen atoms in total. The molecule has 1 aromatic heterocycles. The number of rotatable bonds is 2. The maximum Gasteiger partial charge on any atom is 0.224 e. The van der Waals surface area contributed by atoms with E-state index in [1.54, 1.807) is 12.3 Å². The number of anilines is 1.